The Morgan fingerprint density at radius 3 is 2.83 bits per heavy atom. The normalized spacial score (nSPS) is 15.2. The molecule has 1 unspecified atom stereocenters. The number of thioether (sulfide) groups is 1. The van der Waals surface area contributed by atoms with Gasteiger partial charge in [0.25, 0.3) is 0 Å². The van der Waals surface area contributed by atoms with Gasteiger partial charge in [0.1, 0.15) is 0 Å². The minimum absolute atomic E-state index is 0.287. The summed E-state index contributed by atoms with van der Waals surface area (Å²) in [6.07, 6.45) is 1.73. The van der Waals surface area contributed by atoms with Crippen molar-refractivity contribution in [3.05, 3.63) is 51.7 Å². The molecular weight excluding hydrogens is 428 g/mol. The van der Waals surface area contributed by atoms with Crippen LogP contribution in [0.4, 0.5) is 5.95 Å². The fourth-order valence-electron chi connectivity index (χ4n) is 3.23. The zero-order valence-electron chi connectivity index (χ0n) is 15.9. The van der Waals surface area contributed by atoms with Crippen LogP contribution in [-0.2, 0) is 11.3 Å². The highest BCUT2D eigenvalue weighted by Crippen LogP contribution is 2.30. The number of benzene rings is 1. The number of rotatable bonds is 9. The van der Waals surface area contributed by atoms with Gasteiger partial charge >= 0.3 is 0 Å². The van der Waals surface area contributed by atoms with Gasteiger partial charge in [-0.3, -0.25) is 4.57 Å². The molecule has 1 N–H and O–H groups in total. The Bertz CT molecular complexity index is 913. The van der Waals surface area contributed by atoms with Gasteiger partial charge in [0.05, 0.1) is 25.0 Å². The molecule has 0 radical (unpaired) electrons. The van der Waals surface area contributed by atoms with Crippen LogP contribution in [0.3, 0.4) is 0 Å². The summed E-state index contributed by atoms with van der Waals surface area (Å²) in [4.78, 5) is 3.40. The number of ether oxygens (including phenoxy) is 1. The molecule has 0 amide bonds. The molecule has 154 valence electrons. The van der Waals surface area contributed by atoms with Crippen molar-refractivity contribution in [2.24, 2.45) is 0 Å². The number of halogens is 1. The van der Waals surface area contributed by atoms with Gasteiger partial charge in [-0.25, -0.2) is 0 Å². The Morgan fingerprint density at radius 2 is 2.07 bits per heavy atom. The predicted octanol–water partition coefficient (Wildman–Crippen LogP) is 4.25. The van der Waals surface area contributed by atoms with E-state index in [4.69, 9.17) is 16.3 Å². The Hall–Kier alpha value is -1.58. The maximum absolute atomic E-state index is 10.3. The topological polar surface area (TPSA) is 63.4 Å². The smallest absolute Gasteiger partial charge is 0.232 e. The van der Waals surface area contributed by atoms with Crippen LogP contribution in [0.1, 0.15) is 17.7 Å². The summed E-state index contributed by atoms with van der Waals surface area (Å²) >= 11 is 9.35. The number of aromatic nitrogens is 3. The molecule has 3 aromatic rings. The van der Waals surface area contributed by atoms with E-state index >= 15 is 0 Å². The van der Waals surface area contributed by atoms with Crippen LogP contribution in [0.5, 0.6) is 0 Å². The lowest BCUT2D eigenvalue weighted by Gasteiger charge is -2.18. The van der Waals surface area contributed by atoms with Crippen molar-refractivity contribution in [3.63, 3.8) is 0 Å². The monoisotopic (exact) mass is 450 g/mol. The lowest BCUT2D eigenvalue weighted by Crippen LogP contribution is -2.22. The molecule has 29 heavy (non-hydrogen) atoms. The first-order valence-electron chi connectivity index (χ1n) is 9.58. The first-order valence-corrected chi connectivity index (χ1v) is 11.8. The number of thiophene rings is 1. The van der Waals surface area contributed by atoms with E-state index in [2.05, 4.69) is 15.1 Å². The van der Waals surface area contributed by atoms with Crippen molar-refractivity contribution in [1.82, 2.24) is 14.8 Å². The lowest BCUT2D eigenvalue weighted by atomic mass is 10.3. The first kappa shape index (κ1) is 20.7. The summed E-state index contributed by atoms with van der Waals surface area (Å²) in [6, 6.07) is 11.7. The van der Waals surface area contributed by atoms with E-state index in [1.165, 1.54) is 11.8 Å². The molecule has 4 rings (SSSR count). The molecule has 2 aromatic heterocycles. The van der Waals surface area contributed by atoms with E-state index < -0.39 is 6.10 Å². The molecule has 0 saturated carbocycles. The Kier molecular flexibility index (Phi) is 7.10. The minimum Gasteiger partial charge on any atom is -0.390 e. The van der Waals surface area contributed by atoms with Gasteiger partial charge < -0.3 is 14.7 Å². The molecule has 0 spiro atoms. The third-order valence-corrected chi connectivity index (χ3v) is 6.77. The summed E-state index contributed by atoms with van der Waals surface area (Å²) < 4.78 is 7.65. The number of aliphatic hydroxyl groups is 1. The molecule has 0 aliphatic carbocycles. The van der Waals surface area contributed by atoms with E-state index in [-0.39, 0.29) is 6.61 Å². The first-order chi connectivity index (χ1) is 14.2. The number of hydrogen-bond acceptors (Lipinski definition) is 7. The zero-order valence-corrected chi connectivity index (χ0v) is 18.3. The number of nitrogens with zero attached hydrogens (tertiary/aromatic N) is 4. The average molecular weight is 451 g/mol. The molecule has 1 saturated heterocycles. The van der Waals surface area contributed by atoms with Gasteiger partial charge in [-0.05, 0) is 42.5 Å². The molecule has 1 aliphatic rings. The second-order valence-corrected chi connectivity index (χ2v) is 9.31. The Balaban J connectivity index is 1.43. The average Bonchev–Trinajstić information content (AvgIpc) is 3.47. The summed E-state index contributed by atoms with van der Waals surface area (Å²) in [6.45, 7) is 2.76. The summed E-state index contributed by atoms with van der Waals surface area (Å²) in [5.74, 6) is 1.30. The van der Waals surface area contributed by atoms with Crippen molar-refractivity contribution in [2.45, 2.75) is 30.7 Å². The van der Waals surface area contributed by atoms with Crippen LogP contribution in [0.15, 0.2) is 46.9 Å². The van der Waals surface area contributed by atoms with E-state index in [1.807, 2.05) is 46.3 Å². The van der Waals surface area contributed by atoms with E-state index in [0.717, 1.165) is 47.6 Å². The predicted molar refractivity (Wildman–Crippen MR) is 119 cm³/mol. The molecule has 1 aliphatic heterocycles. The molecule has 9 heteroatoms. The van der Waals surface area contributed by atoms with Crippen LogP contribution in [0, 0.1) is 0 Å². The fourth-order valence-corrected chi connectivity index (χ4v) is 4.91. The van der Waals surface area contributed by atoms with Gasteiger partial charge in [-0.2, -0.15) is 0 Å². The number of aliphatic hydroxyl groups excluding tert-OH is 1. The van der Waals surface area contributed by atoms with Crippen molar-refractivity contribution in [1.29, 1.82) is 0 Å². The highest BCUT2D eigenvalue weighted by molar-refractivity contribution is 7.99. The maximum atomic E-state index is 10.3. The maximum Gasteiger partial charge on any atom is 0.232 e. The van der Waals surface area contributed by atoms with Gasteiger partial charge in [0, 0.05) is 28.7 Å². The number of anilines is 1. The Labute approximate surface area is 183 Å². The van der Waals surface area contributed by atoms with Gasteiger partial charge in [-0.15, -0.1) is 21.5 Å². The second-order valence-electron chi connectivity index (χ2n) is 6.85. The van der Waals surface area contributed by atoms with Gasteiger partial charge in [-0.1, -0.05) is 35.5 Å². The highest BCUT2D eigenvalue weighted by atomic mass is 35.5. The van der Waals surface area contributed by atoms with Crippen molar-refractivity contribution < 1.29 is 9.84 Å². The van der Waals surface area contributed by atoms with Gasteiger partial charge in [0.2, 0.25) is 5.95 Å². The highest BCUT2D eigenvalue weighted by Gasteiger charge is 2.23. The SMILES string of the molecule is OC(COCc1cccs1)CSc1nnc(N2CCCC2)n1-c1cccc(Cl)c1. The van der Waals surface area contributed by atoms with Crippen LogP contribution < -0.4 is 4.90 Å². The van der Waals surface area contributed by atoms with E-state index in [0.29, 0.717) is 17.4 Å². The molecule has 1 aromatic carbocycles. The largest absolute Gasteiger partial charge is 0.390 e. The third-order valence-electron chi connectivity index (χ3n) is 4.61. The fraction of sp³-hybridized carbons (Fsp3) is 0.400. The quantitative estimate of drug-likeness (QED) is 0.491. The standard InChI is InChI=1S/C20H23ClN4O2S2/c21-15-5-3-6-16(11-15)25-19(24-8-1-2-9-24)22-23-20(25)29-14-17(26)12-27-13-18-7-4-10-28-18/h3-7,10-11,17,26H,1-2,8-9,12-14H2. The summed E-state index contributed by atoms with van der Waals surface area (Å²) in [5.41, 5.74) is 0.926. The van der Waals surface area contributed by atoms with Crippen LogP contribution >= 0.6 is 34.7 Å². The van der Waals surface area contributed by atoms with Crippen molar-refractivity contribution in [2.75, 3.05) is 30.3 Å². The summed E-state index contributed by atoms with van der Waals surface area (Å²) in [7, 11) is 0. The zero-order chi connectivity index (χ0) is 20.1. The Morgan fingerprint density at radius 1 is 1.21 bits per heavy atom. The molecule has 1 fully saturated rings. The van der Waals surface area contributed by atoms with Crippen molar-refractivity contribution in [3.8, 4) is 5.69 Å². The second kappa shape index (κ2) is 9.95. The van der Waals surface area contributed by atoms with Crippen LogP contribution in [0.2, 0.25) is 5.02 Å². The minimum atomic E-state index is -0.584. The lowest BCUT2D eigenvalue weighted by molar-refractivity contribution is 0.0409. The summed E-state index contributed by atoms with van der Waals surface area (Å²) in [5, 5.41) is 22.6. The molecule has 3 heterocycles. The third kappa shape index (κ3) is 5.32. The molecular formula is C20H23ClN4O2S2. The van der Waals surface area contributed by atoms with Crippen LogP contribution in [0.25, 0.3) is 5.69 Å². The van der Waals surface area contributed by atoms with E-state index in [9.17, 15) is 5.11 Å². The van der Waals surface area contributed by atoms with E-state index in [1.54, 1.807) is 11.3 Å². The molecule has 6 nitrogen and oxygen atoms in total. The number of hydrogen-bond donors (Lipinski definition) is 1. The molecule has 1 atom stereocenters. The molecule has 0 bridgehead atoms. The van der Waals surface area contributed by atoms with Crippen LogP contribution in [-0.4, -0.2) is 51.4 Å². The van der Waals surface area contributed by atoms with Crippen molar-refractivity contribution >= 4 is 40.6 Å². The van der Waals surface area contributed by atoms with Gasteiger partial charge in [0.15, 0.2) is 5.16 Å².